The van der Waals surface area contributed by atoms with E-state index in [0.29, 0.717) is 5.69 Å². The molecule has 0 spiro atoms. The quantitative estimate of drug-likeness (QED) is 0.784. The third-order valence-corrected chi connectivity index (χ3v) is 2.89. The molecule has 0 saturated carbocycles. The third-order valence-electron chi connectivity index (χ3n) is 2.39. The van der Waals surface area contributed by atoms with Crippen molar-refractivity contribution >= 4 is 33.1 Å². The van der Waals surface area contributed by atoms with Gasteiger partial charge in [-0.15, -0.1) is 5.11 Å². The smallest absolute Gasteiger partial charge is 0.266 e. The average Bonchev–Trinajstić information content (AvgIpc) is 2.88. The fraction of sp³-hybridized carbons (Fsp3) is 0.273. The summed E-state index contributed by atoms with van der Waals surface area (Å²) in [6.45, 7) is 3.25. The van der Waals surface area contributed by atoms with Gasteiger partial charge in [0.15, 0.2) is 5.78 Å². The molecule has 0 saturated heterocycles. The van der Waals surface area contributed by atoms with E-state index < -0.39 is 5.66 Å². The normalized spacial score (nSPS) is 23.3. The van der Waals surface area contributed by atoms with Gasteiger partial charge in [0.1, 0.15) is 0 Å². The van der Waals surface area contributed by atoms with Crippen LogP contribution in [0.4, 0.5) is 5.69 Å². The first-order valence-corrected chi connectivity index (χ1v) is 5.60. The minimum Gasteiger partial charge on any atom is -0.295 e. The van der Waals surface area contributed by atoms with Crippen LogP contribution in [0.3, 0.4) is 0 Å². The van der Waals surface area contributed by atoms with Crippen molar-refractivity contribution in [3.63, 3.8) is 0 Å². The van der Waals surface area contributed by atoms with Gasteiger partial charge in [0.2, 0.25) is 0 Å². The number of Topliss-reactive ketones (excluding diaryl/α,β-unsaturated/α-hetero) is 1. The first-order valence-electron chi connectivity index (χ1n) is 4.81. The second-order valence-corrected chi connectivity index (χ2v) is 4.52. The molecule has 4 nitrogen and oxygen atoms in total. The van der Waals surface area contributed by atoms with E-state index in [4.69, 9.17) is 0 Å². The van der Waals surface area contributed by atoms with Crippen LogP contribution >= 0.6 is 15.9 Å². The maximum Gasteiger partial charge on any atom is 0.266 e. The highest BCUT2D eigenvalue weighted by molar-refractivity contribution is 9.10. The number of rotatable bonds is 3. The van der Waals surface area contributed by atoms with Gasteiger partial charge in [0, 0.05) is 4.47 Å². The Kier molecular flexibility index (Phi) is 2.71. The van der Waals surface area contributed by atoms with Crippen molar-refractivity contribution in [3.8, 4) is 0 Å². The highest BCUT2D eigenvalue weighted by Crippen LogP contribution is 2.32. The Balaban J connectivity index is 2.19. The van der Waals surface area contributed by atoms with Gasteiger partial charge in [-0.2, -0.15) is 5.11 Å². The van der Waals surface area contributed by atoms with Crippen LogP contribution in [0.25, 0.3) is 0 Å². The van der Waals surface area contributed by atoms with E-state index in [1.54, 1.807) is 6.92 Å². The van der Waals surface area contributed by atoms with Gasteiger partial charge in [-0.05, 0) is 32.0 Å². The van der Waals surface area contributed by atoms with Gasteiger partial charge in [-0.3, -0.25) is 4.79 Å². The van der Waals surface area contributed by atoms with Gasteiger partial charge in [-0.25, -0.2) is 4.99 Å². The average molecular weight is 280 g/mol. The molecular weight excluding hydrogens is 270 g/mol. The molecule has 5 heteroatoms. The lowest BCUT2D eigenvalue weighted by Gasteiger charge is -2.02. The summed E-state index contributed by atoms with van der Waals surface area (Å²) in [4.78, 5) is 15.4. The molecule has 0 radical (unpaired) electrons. The molecule has 2 rings (SSSR count). The summed E-state index contributed by atoms with van der Waals surface area (Å²) in [5, 5.41) is 8.04. The molecule has 0 aliphatic carbocycles. The number of halogens is 1. The maximum atomic E-state index is 11.3. The molecular formula is C11H10BrN3O. The molecule has 82 valence electrons. The fourth-order valence-corrected chi connectivity index (χ4v) is 1.77. The lowest BCUT2D eigenvalue weighted by Crippen LogP contribution is -2.23. The molecule has 1 atom stereocenters. The van der Waals surface area contributed by atoms with Crippen LogP contribution in [0.2, 0.25) is 0 Å². The van der Waals surface area contributed by atoms with E-state index >= 15 is 0 Å². The second kappa shape index (κ2) is 3.90. The van der Waals surface area contributed by atoms with E-state index in [-0.39, 0.29) is 5.78 Å². The summed E-state index contributed by atoms with van der Waals surface area (Å²) in [5.41, 5.74) is 0.422. The number of ketones is 1. The van der Waals surface area contributed by atoms with Gasteiger partial charge >= 0.3 is 0 Å². The van der Waals surface area contributed by atoms with E-state index in [2.05, 4.69) is 31.2 Å². The van der Waals surface area contributed by atoms with Crippen LogP contribution in [-0.2, 0) is 4.79 Å². The first kappa shape index (κ1) is 11.1. The zero-order valence-electron chi connectivity index (χ0n) is 8.94. The highest BCUT2D eigenvalue weighted by Gasteiger charge is 2.49. The van der Waals surface area contributed by atoms with Gasteiger partial charge in [0.25, 0.3) is 5.66 Å². The van der Waals surface area contributed by atoms with E-state index in [1.165, 1.54) is 6.92 Å². The molecule has 1 unspecified atom stereocenters. The topological polar surface area (TPSA) is 54.1 Å². The van der Waals surface area contributed by atoms with Crippen molar-refractivity contribution < 1.29 is 4.79 Å². The summed E-state index contributed by atoms with van der Waals surface area (Å²) in [7, 11) is 0. The molecule has 0 N–H and O–H groups in total. The van der Waals surface area contributed by atoms with Crippen molar-refractivity contribution in [2.75, 3.05) is 0 Å². The van der Waals surface area contributed by atoms with Crippen molar-refractivity contribution in [1.29, 1.82) is 0 Å². The Morgan fingerprint density at radius 2 is 2.19 bits per heavy atom. The largest absolute Gasteiger partial charge is 0.295 e. The molecule has 0 fully saturated rings. The van der Waals surface area contributed by atoms with Crippen LogP contribution in [-0.4, -0.2) is 17.2 Å². The maximum absolute atomic E-state index is 11.3. The van der Waals surface area contributed by atoms with Crippen LogP contribution < -0.4 is 0 Å². The predicted molar refractivity (Wildman–Crippen MR) is 65.2 cm³/mol. The molecule has 1 heterocycles. The summed E-state index contributed by atoms with van der Waals surface area (Å²) >= 11 is 3.34. The van der Waals surface area contributed by atoms with Crippen LogP contribution in [0.5, 0.6) is 0 Å². The molecule has 1 aliphatic heterocycles. The van der Waals surface area contributed by atoms with Crippen molar-refractivity contribution in [2.45, 2.75) is 19.5 Å². The monoisotopic (exact) mass is 279 g/mol. The minimum absolute atomic E-state index is 0.0938. The van der Waals surface area contributed by atoms with Crippen molar-refractivity contribution in [3.05, 3.63) is 28.7 Å². The first-order chi connectivity index (χ1) is 7.54. The summed E-state index contributed by atoms with van der Waals surface area (Å²) in [6.07, 6.45) is 0. The van der Waals surface area contributed by atoms with Crippen molar-refractivity contribution in [2.24, 2.45) is 15.2 Å². The Bertz CT molecular complexity index is 510. The number of carbonyl (C=O) groups is 1. The summed E-state index contributed by atoms with van der Waals surface area (Å²) < 4.78 is 0.925. The third kappa shape index (κ3) is 1.95. The van der Waals surface area contributed by atoms with Crippen LogP contribution in [0.15, 0.2) is 44.0 Å². The van der Waals surface area contributed by atoms with Gasteiger partial charge in [-0.1, -0.05) is 22.0 Å². The van der Waals surface area contributed by atoms with Crippen LogP contribution in [0, 0.1) is 0 Å². The predicted octanol–water partition coefficient (Wildman–Crippen LogP) is 3.29. The molecule has 1 aromatic carbocycles. The summed E-state index contributed by atoms with van der Waals surface area (Å²) in [5.74, 6) is -0.0938. The molecule has 1 aliphatic rings. The number of aliphatic imine (C=N–C) groups is 1. The fourth-order valence-electron chi connectivity index (χ4n) is 1.38. The zero-order chi connectivity index (χ0) is 11.8. The number of nitrogens with zero attached hydrogens (tertiary/aromatic N) is 3. The SMILES string of the molecule is CC(=O)C1(N=Nc2cccc(Br)c2)N=C1C. The van der Waals surface area contributed by atoms with Gasteiger partial charge in [0.05, 0.1) is 11.4 Å². The Morgan fingerprint density at radius 1 is 1.50 bits per heavy atom. The minimum atomic E-state index is -0.998. The lowest BCUT2D eigenvalue weighted by atomic mass is 10.1. The Labute approximate surface area is 102 Å². The number of azo groups is 1. The van der Waals surface area contributed by atoms with Crippen molar-refractivity contribution in [1.82, 2.24) is 0 Å². The zero-order valence-corrected chi connectivity index (χ0v) is 10.5. The second-order valence-electron chi connectivity index (χ2n) is 3.61. The molecule has 0 aromatic heterocycles. The highest BCUT2D eigenvalue weighted by atomic mass is 79.9. The summed E-state index contributed by atoms with van der Waals surface area (Å²) in [6, 6.07) is 7.41. The standard InChI is InChI=1S/C11H10BrN3O/c1-7-11(13-7,8(2)16)15-14-10-5-3-4-9(12)6-10/h3-6H,1-2H3. The number of carbonyl (C=O) groups excluding carboxylic acids is 1. The number of hydrogen-bond donors (Lipinski definition) is 0. The van der Waals surface area contributed by atoms with E-state index in [9.17, 15) is 4.79 Å². The van der Waals surface area contributed by atoms with Gasteiger partial charge < -0.3 is 0 Å². The van der Waals surface area contributed by atoms with E-state index in [1.807, 2.05) is 24.3 Å². The number of hydrogen-bond acceptors (Lipinski definition) is 4. The Hall–Kier alpha value is -1.36. The van der Waals surface area contributed by atoms with E-state index in [0.717, 1.165) is 10.2 Å². The number of benzene rings is 1. The molecule has 0 amide bonds. The molecule has 0 bridgehead atoms. The molecule has 16 heavy (non-hydrogen) atoms. The van der Waals surface area contributed by atoms with Crippen LogP contribution in [0.1, 0.15) is 13.8 Å². The Morgan fingerprint density at radius 3 is 2.69 bits per heavy atom. The molecule has 1 aromatic rings. The lowest BCUT2D eigenvalue weighted by molar-refractivity contribution is -0.118.